The number of rotatable bonds is 12. The zero-order valence-corrected chi connectivity index (χ0v) is 18.7. The Hall–Kier alpha value is -2.11. The molecule has 2 aromatic carbocycles. The van der Waals surface area contributed by atoms with Gasteiger partial charge in [0.15, 0.2) is 11.5 Å². The van der Waals surface area contributed by atoms with Crippen LogP contribution >= 0.6 is 12.4 Å². The summed E-state index contributed by atoms with van der Waals surface area (Å²) in [5, 5.41) is 0. The summed E-state index contributed by atoms with van der Waals surface area (Å²) < 4.78 is 22.3. The highest BCUT2D eigenvalue weighted by Gasteiger charge is 2.22. The summed E-state index contributed by atoms with van der Waals surface area (Å²) in [6.45, 7) is 3.46. The highest BCUT2D eigenvalue weighted by molar-refractivity contribution is 5.85. The molecule has 0 spiro atoms. The first-order chi connectivity index (χ1) is 13.7. The lowest BCUT2D eigenvalue weighted by Crippen LogP contribution is -2.16. The van der Waals surface area contributed by atoms with E-state index < -0.39 is 0 Å². The molecular formula is C23H34ClNO4. The van der Waals surface area contributed by atoms with Crippen molar-refractivity contribution in [3.05, 3.63) is 47.5 Å². The van der Waals surface area contributed by atoms with E-state index >= 15 is 0 Å². The molecule has 0 aliphatic carbocycles. The molecule has 2 rings (SSSR count). The molecule has 0 aromatic heterocycles. The van der Waals surface area contributed by atoms with Gasteiger partial charge in [-0.15, -0.1) is 12.4 Å². The third-order valence-electron chi connectivity index (χ3n) is 4.88. The van der Waals surface area contributed by atoms with Gasteiger partial charge in [-0.25, -0.2) is 0 Å². The third-order valence-corrected chi connectivity index (χ3v) is 4.88. The maximum atomic E-state index is 6.11. The lowest BCUT2D eigenvalue weighted by Gasteiger charge is -2.21. The first kappa shape index (κ1) is 24.9. The van der Waals surface area contributed by atoms with E-state index in [1.54, 1.807) is 21.3 Å². The van der Waals surface area contributed by atoms with Crippen molar-refractivity contribution in [2.45, 2.75) is 38.5 Å². The standard InChI is InChI=1S/C23H33NO4.ClH/c1-5-6-7-14-28-19-10-8-17(9-11-19)15-18(16-24)20-12-13-21(25-2)23(27-4)22(20)26-3;/h8-13,18H,5-7,14-16,24H2,1-4H3;1H. The van der Waals surface area contributed by atoms with Crippen LogP contribution in [0, 0.1) is 0 Å². The van der Waals surface area contributed by atoms with E-state index in [-0.39, 0.29) is 18.3 Å². The monoisotopic (exact) mass is 423 g/mol. The molecular weight excluding hydrogens is 390 g/mol. The molecule has 162 valence electrons. The Kier molecular flexibility index (Phi) is 11.3. The number of nitrogens with two attached hydrogens (primary N) is 1. The van der Waals surface area contributed by atoms with Crippen LogP contribution in [0.25, 0.3) is 0 Å². The van der Waals surface area contributed by atoms with Crippen LogP contribution in [0.1, 0.15) is 43.2 Å². The van der Waals surface area contributed by atoms with E-state index in [1.807, 2.05) is 24.3 Å². The SMILES string of the molecule is CCCCCOc1ccc(CC(CN)c2ccc(OC)c(OC)c2OC)cc1.Cl. The second-order valence-electron chi connectivity index (χ2n) is 6.76. The number of halogens is 1. The summed E-state index contributed by atoms with van der Waals surface area (Å²) in [4.78, 5) is 0. The van der Waals surface area contributed by atoms with E-state index in [0.717, 1.165) is 30.8 Å². The van der Waals surface area contributed by atoms with Crippen molar-refractivity contribution >= 4 is 12.4 Å². The van der Waals surface area contributed by atoms with Gasteiger partial charge in [0.25, 0.3) is 0 Å². The van der Waals surface area contributed by atoms with Crippen LogP contribution in [0.2, 0.25) is 0 Å². The maximum Gasteiger partial charge on any atom is 0.203 e. The molecule has 0 aliphatic rings. The Labute approximate surface area is 180 Å². The molecule has 0 radical (unpaired) electrons. The number of unbranched alkanes of at least 4 members (excludes halogenated alkanes) is 2. The van der Waals surface area contributed by atoms with E-state index in [0.29, 0.717) is 23.8 Å². The van der Waals surface area contributed by atoms with Crippen LogP contribution in [0.5, 0.6) is 23.0 Å². The van der Waals surface area contributed by atoms with Crippen molar-refractivity contribution in [2.24, 2.45) is 5.73 Å². The molecule has 0 bridgehead atoms. The van der Waals surface area contributed by atoms with E-state index in [9.17, 15) is 0 Å². The lowest BCUT2D eigenvalue weighted by molar-refractivity contribution is 0.306. The van der Waals surface area contributed by atoms with Crippen LogP contribution in [-0.2, 0) is 6.42 Å². The fourth-order valence-corrected chi connectivity index (χ4v) is 3.31. The average molecular weight is 424 g/mol. The molecule has 2 N–H and O–H groups in total. The van der Waals surface area contributed by atoms with Crippen LogP contribution < -0.4 is 24.7 Å². The Morgan fingerprint density at radius 3 is 2.10 bits per heavy atom. The second-order valence-corrected chi connectivity index (χ2v) is 6.76. The largest absolute Gasteiger partial charge is 0.494 e. The van der Waals surface area contributed by atoms with Crippen LogP contribution in [0.15, 0.2) is 36.4 Å². The van der Waals surface area contributed by atoms with Crippen LogP contribution in [-0.4, -0.2) is 34.5 Å². The summed E-state index contributed by atoms with van der Waals surface area (Å²) in [5.74, 6) is 2.92. The fraction of sp³-hybridized carbons (Fsp3) is 0.478. The summed E-state index contributed by atoms with van der Waals surface area (Å²) in [5.41, 5.74) is 8.33. The van der Waals surface area contributed by atoms with Crippen LogP contribution in [0.3, 0.4) is 0 Å². The normalized spacial score (nSPS) is 11.3. The topological polar surface area (TPSA) is 62.9 Å². The first-order valence-corrected chi connectivity index (χ1v) is 9.89. The van der Waals surface area contributed by atoms with Gasteiger partial charge in [-0.2, -0.15) is 0 Å². The lowest BCUT2D eigenvalue weighted by atomic mass is 9.91. The number of hydrogen-bond donors (Lipinski definition) is 1. The highest BCUT2D eigenvalue weighted by atomic mass is 35.5. The summed E-state index contributed by atoms with van der Waals surface area (Å²) in [6, 6.07) is 12.2. The van der Waals surface area contributed by atoms with Crippen molar-refractivity contribution in [1.29, 1.82) is 0 Å². The summed E-state index contributed by atoms with van der Waals surface area (Å²) in [7, 11) is 4.86. The minimum Gasteiger partial charge on any atom is -0.494 e. The van der Waals surface area contributed by atoms with Gasteiger partial charge >= 0.3 is 0 Å². The predicted molar refractivity (Wildman–Crippen MR) is 120 cm³/mol. The number of hydrogen-bond acceptors (Lipinski definition) is 5. The predicted octanol–water partition coefficient (Wildman–Crippen LogP) is 4.99. The van der Waals surface area contributed by atoms with Crippen molar-refractivity contribution in [3.63, 3.8) is 0 Å². The molecule has 0 saturated carbocycles. The highest BCUT2D eigenvalue weighted by Crippen LogP contribution is 2.43. The minimum atomic E-state index is 0. The fourth-order valence-electron chi connectivity index (χ4n) is 3.31. The van der Waals surface area contributed by atoms with Gasteiger partial charge in [0, 0.05) is 11.5 Å². The third kappa shape index (κ3) is 6.72. The molecule has 0 heterocycles. The number of benzene rings is 2. The Balaban J connectivity index is 0.00000420. The first-order valence-electron chi connectivity index (χ1n) is 9.89. The molecule has 29 heavy (non-hydrogen) atoms. The van der Waals surface area contributed by atoms with Crippen molar-refractivity contribution in [1.82, 2.24) is 0 Å². The zero-order chi connectivity index (χ0) is 20.4. The van der Waals surface area contributed by atoms with Gasteiger partial charge in [-0.3, -0.25) is 0 Å². The Bertz CT molecular complexity index is 722. The molecule has 1 atom stereocenters. The van der Waals surface area contributed by atoms with Gasteiger partial charge < -0.3 is 24.7 Å². The molecule has 2 aromatic rings. The second kappa shape index (κ2) is 13.2. The minimum absolute atomic E-state index is 0. The number of ether oxygens (including phenoxy) is 4. The van der Waals surface area contributed by atoms with E-state index in [1.165, 1.54) is 18.4 Å². The van der Waals surface area contributed by atoms with Gasteiger partial charge in [0.2, 0.25) is 5.75 Å². The van der Waals surface area contributed by atoms with Crippen molar-refractivity contribution in [2.75, 3.05) is 34.5 Å². The Morgan fingerprint density at radius 2 is 1.55 bits per heavy atom. The van der Waals surface area contributed by atoms with Gasteiger partial charge in [0.05, 0.1) is 27.9 Å². The van der Waals surface area contributed by atoms with E-state index in [4.69, 9.17) is 24.7 Å². The van der Waals surface area contributed by atoms with Crippen molar-refractivity contribution < 1.29 is 18.9 Å². The molecule has 6 heteroatoms. The molecule has 1 unspecified atom stereocenters. The zero-order valence-electron chi connectivity index (χ0n) is 17.9. The average Bonchev–Trinajstić information content (AvgIpc) is 2.74. The van der Waals surface area contributed by atoms with Gasteiger partial charge in [-0.1, -0.05) is 38.0 Å². The van der Waals surface area contributed by atoms with Gasteiger partial charge in [-0.05, 0) is 43.1 Å². The summed E-state index contributed by atoms with van der Waals surface area (Å²) >= 11 is 0. The van der Waals surface area contributed by atoms with Crippen molar-refractivity contribution in [3.8, 4) is 23.0 Å². The Morgan fingerprint density at radius 1 is 0.862 bits per heavy atom. The van der Waals surface area contributed by atoms with E-state index in [2.05, 4.69) is 19.1 Å². The molecule has 0 amide bonds. The summed E-state index contributed by atoms with van der Waals surface area (Å²) in [6.07, 6.45) is 4.29. The van der Waals surface area contributed by atoms with Crippen LogP contribution in [0.4, 0.5) is 0 Å². The quantitative estimate of drug-likeness (QED) is 0.487. The van der Waals surface area contributed by atoms with Gasteiger partial charge in [0.1, 0.15) is 5.75 Å². The molecule has 0 fully saturated rings. The molecule has 0 saturated heterocycles. The molecule has 0 aliphatic heterocycles. The number of methoxy groups -OCH3 is 3. The molecule has 5 nitrogen and oxygen atoms in total. The smallest absolute Gasteiger partial charge is 0.203 e. The maximum absolute atomic E-state index is 6.11.